The van der Waals surface area contributed by atoms with Crippen LogP contribution >= 0.6 is 0 Å². The molecule has 0 aromatic heterocycles. The van der Waals surface area contributed by atoms with Crippen LogP contribution in [0.4, 0.5) is 0 Å². The van der Waals surface area contributed by atoms with E-state index in [0.29, 0.717) is 5.92 Å². The van der Waals surface area contributed by atoms with Gasteiger partial charge in [-0.2, -0.15) is 0 Å². The summed E-state index contributed by atoms with van der Waals surface area (Å²) in [7, 11) is 0. The van der Waals surface area contributed by atoms with Gasteiger partial charge in [0, 0.05) is 0 Å². The minimum atomic E-state index is 0.670. The quantitative estimate of drug-likeness (QED) is 0.536. The monoisotopic (exact) mass is 310 g/mol. The molecule has 2 aromatic carbocycles. The molecule has 2 rings (SSSR count). The number of unbranched alkanes of at least 4 members (excludes halogenated alkanes) is 1. The summed E-state index contributed by atoms with van der Waals surface area (Å²) in [6.07, 6.45) is 5.03. The zero-order chi connectivity index (χ0) is 16.7. The fraction of sp³-hybridized carbons (Fsp3) is 0.455. The highest BCUT2D eigenvalue weighted by Gasteiger charge is 2.10. The molecule has 23 heavy (non-hydrogen) atoms. The van der Waals surface area contributed by atoms with Crippen molar-refractivity contribution in [3.63, 3.8) is 0 Å². The number of benzene rings is 2. The molecule has 0 saturated carbocycles. The SMILES string of the molecule is CCCCC(CC)COc1cc(C)c(-c2ccccc2)cc1C. The Kier molecular flexibility index (Phi) is 6.70. The molecule has 1 atom stereocenters. The Hall–Kier alpha value is -1.76. The van der Waals surface area contributed by atoms with Gasteiger partial charge in [-0.05, 0) is 60.6 Å². The van der Waals surface area contributed by atoms with Gasteiger partial charge >= 0.3 is 0 Å². The molecule has 1 nitrogen and oxygen atoms in total. The third-order valence-electron chi connectivity index (χ3n) is 4.62. The van der Waals surface area contributed by atoms with E-state index in [1.165, 1.54) is 47.9 Å². The molecule has 2 aromatic rings. The van der Waals surface area contributed by atoms with Crippen LogP contribution in [0.1, 0.15) is 50.7 Å². The fourth-order valence-electron chi connectivity index (χ4n) is 2.98. The van der Waals surface area contributed by atoms with Crippen LogP contribution in [0, 0.1) is 19.8 Å². The maximum Gasteiger partial charge on any atom is 0.122 e. The van der Waals surface area contributed by atoms with Crippen LogP contribution < -0.4 is 4.74 Å². The largest absolute Gasteiger partial charge is 0.493 e. The second-order valence-electron chi connectivity index (χ2n) is 6.53. The molecule has 1 unspecified atom stereocenters. The highest BCUT2D eigenvalue weighted by molar-refractivity contribution is 5.69. The molecule has 0 spiro atoms. The first-order valence-corrected chi connectivity index (χ1v) is 8.95. The van der Waals surface area contributed by atoms with Gasteiger partial charge in [0.25, 0.3) is 0 Å². The molecule has 0 amide bonds. The summed E-state index contributed by atoms with van der Waals surface area (Å²) in [5.74, 6) is 1.71. The first-order valence-electron chi connectivity index (χ1n) is 8.95. The molecule has 0 fully saturated rings. The Balaban J connectivity index is 2.11. The topological polar surface area (TPSA) is 9.23 Å². The average Bonchev–Trinajstić information content (AvgIpc) is 2.58. The summed E-state index contributed by atoms with van der Waals surface area (Å²) in [5.41, 5.74) is 5.07. The number of rotatable bonds is 8. The van der Waals surface area contributed by atoms with Crippen LogP contribution in [-0.2, 0) is 0 Å². The summed E-state index contributed by atoms with van der Waals surface area (Å²) in [4.78, 5) is 0. The van der Waals surface area contributed by atoms with E-state index in [1.807, 2.05) is 0 Å². The number of aryl methyl sites for hydroxylation is 2. The molecule has 0 aliphatic heterocycles. The van der Waals surface area contributed by atoms with E-state index in [2.05, 4.69) is 70.2 Å². The number of hydrogen-bond donors (Lipinski definition) is 0. The lowest BCUT2D eigenvalue weighted by Crippen LogP contribution is -2.12. The van der Waals surface area contributed by atoms with Crippen molar-refractivity contribution in [3.8, 4) is 16.9 Å². The molecule has 0 N–H and O–H groups in total. The molecule has 0 heterocycles. The van der Waals surface area contributed by atoms with Crippen molar-refractivity contribution >= 4 is 0 Å². The van der Waals surface area contributed by atoms with Crippen molar-refractivity contribution in [1.82, 2.24) is 0 Å². The van der Waals surface area contributed by atoms with Gasteiger partial charge < -0.3 is 4.74 Å². The Morgan fingerprint density at radius 1 is 0.957 bits per heavy atom. The second-order valence-corrected chi connectivity index (χ2v) is 6.53. The van der Waals surface area contributed by atoms with Crippen LogP contribution in [-0.4, -0.2) is 6.61 Å². The van der Waals surface area contributed by atoms with Crippen molar-refractivity contribution in [3.05, 3.63) is 53.6 Å². The molecule has 0 bridgehead atoms. The summed E-state index contributed by atoms with van der Waals surface area (Å²) >= 11 is 0. The summed E-state index contributed by atoms with van der Waals surface area (Å²) < 4.78 is 6.16. The van der Waals surface area contributed by atoms with Crippen LogP contribution in [0.2, 0.25) is 0 Å². The molecule has 1 heteroatoms. The minimum Gasteiger partial charge on any atom is -0.493 e. The maximum atomic E-state index is 6.16. The molecular weight excluding hydrogens is 280 g/mol. The van der Waals surface area contributed by atoms with E-state index >= 15 is 0 Å². The molecule has 0 radical (unpaired) electrons. The Morgan fingerprint density at radius 3 is 2.35 bits per heavy atom. The molecular formula is C22H30O. The predicted molar refractivity (Wildman–Crippen MR) is 100 cm³/mol. The lowest BCUT2D eigenvalue weighted by Gasteiger charge is -2.18. The van der Waals surface area contributed by atoms with Gasteiger partial charge in [0.15, 0.2) is 0 Å². The van der Waals surface area contributed by atoms with Gasteiger partial charge in [0.1, 0.15) is 5.75 Å². The zero-order valence-corrected chi connectivity index (χ0v) is 15.1. The van der Waals surface area contributed by atoms with E-state index < -0.39 is 0 Å². The standard InChI is InChI=1S/C22H30O/c1-5-7-11-19(6-2)16-23-22-15-17(3)21(14-18(22)4)20-12-9-8-10-13-20/h8-10,12-15,19H,5-7,11,16H2,1-4H3. The first-order chi connectivity index (χ1) is 11.2. The molecule has 0 aliphatic rings. The van der Waals surface area contributed by atoms with Gasteiger partial charge in [0.2, 0.25) is 0 Å². The minimum absolute atomic E-state index is 0.670. The third-order valence-corrected chi connectivity index (χ3v) is 4.62. The van der Waals surface area contributed by atoms with Gasteiger partial charge in [-0.1, -0.05) is 63.4 Å². The summed E-state index contributed by atoms with van der Waals surface area (Å²) in [5, 5.41) is 0. The van der Waals surface area contributed by atoms with E-state index in [9.17, 15) is 0 Å². The lowest BCUT2D eigenvalue weighted by atomic mass is 9.97. The summed E-state index contributed by atoms with van der Waals surface area (Å²) in [6, 6.07) is 15.0. The second kappa shape index (κ2) is 8.76. The van der Waals surface area contributed by atoms with Crippen LogP contribution in [0.15, 0.2) is 42.5 Å². The molecule has 0 aliphatic carbocycles. The highest BCUT2D eigenvalue weighted by atomic mass is 16.5. The van der Waals surface area contributed by atoms with Crippen molar-refractivity contribution in [2.75, 3.05) is 6.61 Å². The zero-order valence-electron chi connectivity index (χ0n) is 15.1. The average molecular weight is 310 g/mol. The van der Waals surface area contributed by atoms with Crippen LogP contribution in [0.3, 0.4) is 0 Å². The smallest absolute Gasteiger partial charge is 0.122 e. The van der Waals surface area contributed by atoms with Crippen molar-refractivity contribution in [2.45, 2.75) is 53.4 Å². The van der Waals surface area contributed by atoms with E-state index in [4.69, 9.17) is 4.74 Å². The number of ether oxygens (including phenoxy) is 1. The van der Waals surface area contributed by atoms with Crippen LogP contribution in [0.5, 0.6) is 5.75 Å². The van der Waals surface area contributed by atoms with Crippen molar-refractivity contribution in [2.24, 2.45) is 5.92 Å². The number of hydrogen-bond acceptors (Lipinski definition) is 1. The van der Waals surface area contributed by atoms with Crippen LogP contribution in [0.25, 0.3) is 11.1 Å². The molecule has 124 valence electrons. The van der Waals surface area contributed by atoms with Gasteiger partial charge in [0.05, 0.1) is 6.61 Å². The Labute approximate surface area is 141 Å². The van der Waals surface area contributed by atoms with E-state index in [1.54, 1.807) is 0 Å². The third kappa shape index (κ3) is 4.86. The van der Waals surface area contributed by atoms with E-state index in [-0.39, 0.29) is 0 Å². The van der Waals surface area contributed by atoms with Crippen molar-refractivity contribution in [1.29, 1.82) is 0 Å². The van der Waals surface area contributed by atoms with Gasteiger partial charge in [-0.25, -0.2) is 0 Å². The maximum absolute atomic E-state index is 6.16. The predicted octanol–water partition coefficient (Wildman–Crippen LogP) is 6.57. The Morgan fingerprint density at radius 2 is 1.70 bits per heavy atom. The Bertz CT molecular complexity index is 601. The van der Waals surface area contributed by atoms with Gasteiger partial charge in [-0.3, -0.25) is 0 Å². The normalized spacial score (nSPS) is 12.2. The van der Waals surface area contributed by atoms with E-state index in [0.717, 1.165) is 12.4 Å². The van der Waals surface area contributed by atoms with Crippen molar-refractivity contribution < 1.29 is 4.74 Å². The summed E-state index contributed by atoms with van der Waals surface area (Å²) in [6.45, 7) is 9.67. The molecule has 0 saturated heterocycles. The lowest BCUT2D eigenvalue weighted by molar-refractivity contribution is 0.232. The fourth-order valence-corrected chi connectivity index (χ4v) is 2.98. The highest BCUT2D eigenvalue weighted by Crippen LogP contribution is 2.30. The van der Waals surface area contributed by atoms with Gasteiger partial charge in [-0.15, -0.1) is 0 Å². The first kappa shape index (κ1) is 17.6.